The van der Waals surface area contributed by atoms with Crippen LogP contribution >= 0.6 is 0 Å². The number of hydrogen-bond donors (Lipinski definition) is 1. The van der Waals surface area contributed by atoms with E-state index in [0.717, 1.165) is 72.5 Å². The Morgan fingerprint density at radius 2 is 1.20 bits per heavy atom. The molecule has 8 aromatic rings. The fourth-order valence-electron chi connectivity index (χ4n) is 9.11. The quantitative estimate of drug-likeness (QED) is 0.154. The Balaban J connectivity index is 0.00000800. The van der Waals surface area contributed by atoms with Crippen molar-refractivity contribution in [3.05, 3.63) is 166 Å². The van der Waals surface area contributed by atoms with E-state index in [1.807, 2.05) is 67.1 Å². The van der Waals surface area contributed by atoms with Gasteiger partial charge in [0.25, 0.3) is 0 Å². The molecule has 0 fully saturated rings. The topological polar surface area (TPSA) is 50.9 Å². The molecule has 0 aliphatic heterocycles. The first-order valence-electron chi connectivity index (χ1n) is 26.6. The Hall–Kier alpha value is -5.57. The van der Waals surface area contributed by atoms with Crippen molar-refractivity contribution in [2.75, 3.05) is 0 Å². The number of pyridine rings is 1. The van der Waals surface area contributed by atoms with Crippen LogP contribution in [0.5, 0.6) is 5.75 Å². The summed E-state index contributed by atoms with van der Waals surface area (Å²) in [5.41, 5.74) is 14.6. The van der Waals surface area contributed by atoms with Crippen LogP contribution in [0, 0.1) is 12.9 Å². The number of rotatable bonds is 8. The molecule has 0 atom stereocenters. The molecule has 0 radical (unpaired) electrons. The van der Waals surface area contributed by atoms with Crippen LogP contribution in [0.3, 0.4) is 0 Å². The van der Waals surface area contributed by atoms with E-state index in [0.29, 0.717) is 28.1 Å². The van der Waals surface area contributed by atoms with E-state index < -0.39 is 18.2 Å². The Labute approximate surface area is 440 Å². The zero-order chi connectivity index (χ0) is 53.5. The molecule has 0 saturated carbocycles. The van der Waals surface area contributed by atoms with Gasteiger partial charge in [-0.15, -0.1) is 29.3 Å². The maximum absolute atomic E-state index is 12.6. The summed E-state index contributed by atoms with van der Waals surface area (Å²) in [5, 5.41) is 12.6. The van der Waals surface area contributed by atoms with Gasteiger partial charge in [-0.05, 0) is 121 Å². The van der Waals surface area contributed by atoms with E-state index >= 15 is 0 Å². The monoisotopic (exact) mass is 1110 g/mol. The largest absolute Gasteiger partial charge is 0.507 e. The summed E-state index contributed by atoms with van der Waals surface area (Å²) in [6.45, 7) is 31.5. The number of aromatic hydroxyl groups is 1. The van der Waals surface area contributed by atoms with Gasteiger partial charge in [0.2, 0.25) is 0 Å². The molecule has 0 aliphatic carbocycles. The molecule has 0 aliphatic rings. The zero-order valence-electron chi connectivity index (χ0n) is 48.2. The average molecular weight is 1110 g/mol. The molecule has 366 valence electrons. The molecule has 2 aromatic heterocycles. The maximum atomic E-state index is 12.6. The third-order valence-corrected chi connectivity index (χ3v) is 13.6. The average Bonchev–Trinajstić information content (AvgIpc) is 3.69. The van der Waals surface area contributed by atoms with E-state index in [1.165, 1.54) is 5.56 Å². The summed E-state index contributed by atoms with van der Waals surface area (Å²) in [4.78, 5) is 10.5. The third kappa shape index (κ3) is 10.6. The fraction of sp³-hybridized carbons (Fsp3) is 0.354. The van der Waals surface area contributed by atoms with Crippen molar-refractivity contribution in [3.8, 4) is 67.5 Å². The van der Waals surface area contributed by atoms with E-state index in [-0.39, 0.29) is 54.5 Å². The fourth-order valence-corrected chi connectivity index (χ4v) is 9.11. The number of aryl methyl sites for hydroxylation is 1. The van der Waals surface area contributed by atoms with Gasteiger partial charge in [0.1, 0.15) is 11.6 Å². The minimum Gasteiger partial charge on any atom is -0.507 e. The molecular formula is C65H74N3OPt-. The summed E-state index contributed by atoms with van der Waals surface area (Å²) in [5.74, 6) is -0.145. The standard InChI is InChI=1S/C65H74N3O.Pt/c1-39(2)45-30-46(40(3)4)32-47(31-45)43-23-26-57(41(5)29-43)68-58-20-18-19-53(59(58)67-61(68)54-37-52(64(12,13)14)38-55(60(54)69)65(15,16)17)48-33-49(35-51(34-48)63(9,10)11)56-36-44(27-28-66-56)42-21-24-50(25-22-42)62(6,7)8;/h18-32,34-40,69H,1-17H3;/q-1;/i5D3,39D;. The Morgan fingerprint density at radius 1 is 0.586 bits per heavy atom. The number of benzene rings is 6. The first-order chi connectivity index (χ1) is 33.7. The number of fused-ring (bicyclic) bond motifs is 1. The first-order valence-corrected chi connectivity index (χ1v) is 24.6. The van der Waals surface area contributed by atoms with Crippen LogP contribution in [-0.4, -0.2) is 19.6 Å². The van der Waals surface area contributed by atoms with Crippen LogP contribution in [0.4, 0.5) is 0 Å². The van der Waals surface area contributed by atoms with Crippen LogP contribution in [0.25, 0.3) is 72.7 Å². The van der Waals surface area contributed by atoms with Crippen molar-refractivity contribution in [1.82, 2.24) is 14.5 Å². The number of imidazole rings is 1. The van der Waals surface area contributed by atoms with Gasteiger partial charge in [-0.25, -0.2) is 4.98 Å². The Bertz CT molecular complexity index is 3380. The second kappa shape index (κ2) is 19.2. The van der Waals surface area contributed by atoms with Crippen LogP contribution < -0.4 is 0 Å². The van der Waals surface area contributed by atoms with Crippen molar-refractivity contribution in [2.45, 2.75) is 151 Å². The van der Waals surface area contributed by atoms with Crippen molar-refractivity contribution in [3.63, 3.8) is 0 Å². The van der Waals surface area contributed by atoms with Gasteiger partial charge in [0.05, 0.1) is 22.3 Å². The predicted molar refractivity (Wildman–Crippen MR) is 294 cm³/mol. The molecule has 2 heterocycles. The first kappa shape index (κ1) is 46.8. The molecular weight excluding hydrogens is 1030 g/mol. The summed E-state index contributed by atoms with van der Waals surface area (Å²) in [6.07, 6.45) is 1.86. The molecule has 0 spiro atoms. The minimum absolute atomic E-state index is 0. The second-order valence-corrected chi connectivity index (χ2v) is 23.8. The van der Waals surface area contributed by atoms with Gasteiger partial charge in [-0.3, -0.25) is 9.55 Å². The predicted octanol–water partition coefficient (Wildman–Crippen LogP) is 18.0. The molecule has 0 saturated heterocycles. The zero-order valence-corrected chi connectivity index (χ0v) is 46.5. The molecule has 8 rings (SSSR count). The molecule has 0 bridgehead atoms. The third-order valence-electron chi connectivity index (χ3n) is 13.6. The van der Waals surface area contributed by atoms with E-state index in [1.54, 1.807) is 6.07 Å². The van der Waals surface area contributed by atoms with Crippen molar-refractivity contribution in [1.29, 1.82) is 0 Å². The summed E-state index contributed by atoms with van der Waals surface area (Å²) in [6, 6.07) is 43.1. The van der Waals surface area contributed by atoms with Crippen molar-refractivity contribution in [2.24, 2.45) is 0 Å². The number of phenols is 1. The van der Waals surface area contributed by atoms with Crippen molar-refractivity contribution >= 4 is 11.0 Å². The molecule has 70 heavy (non-hydrogen) atoms. The summed E-state index contributed by atoms with van der Waals surface area (Å²) in [7, 11) is 0. The number of hydrogen-bond acceptors (Lipinski definition) is 3. The van der Waals surface area contributed by atoms with Gasteiger partial charge in [0.15, 0.2) is 0 Å². The molecule has 4 nitrogen and oxygen atoms in total. The minimum atomic E-state index is -2.56. The van der Waals surface area contributed by atoms with Crippen LogP contribution in [-0.2, 0) is 42.7 Å². The van der Waals surface area contributed by atoms with Crippen LogP contribution in [0.15, 0.2) is 121 Å². The maximum Gasteiger partial charge on any atom is 0.148 e. The van der Waals surface area contributed by atoms with Gasteiger partial charge >= 0.3 is 0 Å². The number of para-hydroxylation sites is 1. The molecule has 5 heteroatoms. The summed E-state index contributed by atoms with van der Waals surface area (Å²) < 4.78 is 38.4. The number of aromatic nitrogens is 3. The Morgan fingerprint density at radius 3 is 1.81 bits per heavy atom. The Kier molecular flexibility index (Phi) is 12.8. The van der Waals surface area contributed by atoms with E-state index in [9.17, 15) is 5.11 Å². The number of nitrogens with zero attached hydrogens (tertiary/aromatic N) is 3. The van der Waals surface area contributed by atoms with E-state index in [4.69, 9.17) is 15.5 Å². The van der Waals surface area contributed by atoms with Gasteiger partial charge in [0, 0.05) is 44.0 Å². The van der Waals surface area contributed by atoms with E-state index in [2.05, 4.69) is 170 Å². The smallest absolute Gasteiger partial charge is 0.148 e. The van der Waals surface area contributed by atoms with Gasteiger partial charge in [-0.2, -0.15) is 0 Å². The second-order valence-electron chi connectivity index (χ2n) is 23.8. The molecule has 0 amide bonds. The van der Waals surface area contributed by atoms with Gasteiger partial charge < -0.3 is 5.11 Å². The van der Waals surface area contributed by atoms with Crippen LogP contribution in [0.2, 0.25) is 0 Å². The molecule has 1 N–H and O–H groups in total. The SMILES string of the molecule is [2H]C([2H])([2H])c1cc(-c2cc(C(C)C)cc(C([2H])(C)C)c2)ccc1-n1c(-c2cc(C(C)(C)C)cc(C(C)(C)C)c2O)nc2c(-c3[c-]c(-c4cc(-c5ccc(C(C)(C)C)cc5)ccn4)cc(C(C)(C)C)c3)cccc21.[Pt]. The normalized spacial score (nSPS) is 13.7. The van der Waals surface area contributed by atoms with Crippen molar-refractivity contribution < 1.29 is 31.7 Å². The van der Waals surface area contributed by atoms with Gasteiger partial charge in [-0.1, -0.05) is 195 Å². The molecule has 0 unspecified atom stereocenters. The summed E-state index contributed by atoms with van der Waals surface area (Å²) >= 11 is 0. The van der Waals surface area contributed by atoms with Crippen LogP contribution in [0.1, 0.15) is 167 Å². The molecule has 6 aromatic carbocycles. The number of phenolic OH excluding ortho intramolecular Hbond substituents is 1.